The van der Waals surface area contributed by atoms with Crippen molar-refractivity contribution in [2.24, 2.45) is 0 Å². The molecule has 0 radical (unpaired) electrons. The van der Waals surface area contributed by atoms with E-state index in [1.807, 2.05) is 47.2 Å². The molecule has 1 amide bonds. The number of thiol groups is 1. The van der Waals surface area contributed by atoms with E-state index in [4.69, 9.17) is 21.3 Å². The quantitative estimate of drug-likeness (QED) is 0.256. The summed E-state index contributed by atoms with van der Waals surface area (Å²) in [4.78, 5) is 31.9. The van der Waals surface area contributed by atoms with Crippen LogP contribution in [0.15, 0.2) is 89.6 Å². The van der Waals surface area contributed by atoms with E-state index in [0.29, 0.717) is 27.9 Å². The summed E-state index contributed by atoms with van der Waals surface area (Å²) in [5, 5.41) is 4.18. The summed E-state index contributed by atoms with van der Waals surface area (Å²) in [5.41, 5.74) is 0.543. The van der Waals surface area contributed by atoms with Gasteiger partial charge < -0.3 is 4.74 Å². The van der Waals surface area contributed by atoms with Crippen molar-refractivity contribution in [3.05, 3.63) is 111 Å². The van der Waals surface area contributed by atoms with Crippen molar-refractivity contribution in [2.45, 2.75) is 17.9 Å². The highest BCUT2D eigenvalue weighted by Crippen LogP contribution is 2.48. The fraction of sp³-hybridized carbons (Fsp3) is 0.115. The van der Waals surface area contributed by atoms with Crippen LogP contribution in [0.3, 0.4) is 0 Å². The minimum atomic E-state index is -1.19. The molecule has 4 aromatic rings. The summed E-state index contributed by atoms with van der Waals surface area (Å²) in [7, 11) is 0. The zero-order chi connectivity index (χ0) is 23.7. The number of carbonyl (C=O) groups is 2. The molecule has 1 unspecified atom stereocenters. The second-order valence-corrected chi connectivity index (χ2v) is 9.48. The molecule has 0 bridgehead atoms. The van der Waals surface area contributed by atoms with Gasteiger partial charge in [-0.1, -0.05) is 66.9 Å². The van der Waals surface area contributed by atoms with Gasteiger partial charge in [-0.3, -0.25) is 13.9 Å². The standard InChI is InChI=1S/C26H19ClN2O3S2/c27-20-10-5-4-9-19(20)24-21(30)15-26(29(33)25(24)31,17-13-14-34-16-17)22-11-6-12-23(28-22)32-18-7-2-1-3-8-18/h1-14,16,24,33H,15H2/t24?,26-/m1/s1. The predicted molar refractivity (Wildman–Crippen MR) is 136 cm³/mol. The van der Waals surface area contributed by atoms with Crippen LogP contribution < -0.4 is 4.74 Å². The van der Waals surface area contributed by atoms with Crippen LogP contribution >= 0.6 is 35.8 Å². The molecule has 34 heavy (non-hydrogen) atoms. The summed E-state index contributed by atoms with van der Waals surface area (Å²) < 4.78 is 7.26. The Balaban J connectivity index is 1.60. The number of benzene rings is 2. The predicted octanol–water partition coefficient (Wildman–Crippen LogP) is 6.26. The highest BCUT2D eigenvalue weighted by Gasteiger charge is 2.53. The fourth-order valence-electron chi connectivity index (χ4n) is 4.28. The molecule has 0 aliphatic carbocycles. The third kappa shape index (κ3) is 3.90. The van der Waals surface area contributed by atoms with E-state index in [0.717, 1.165) is 5.56 Å². The molecule has 5 nitrogen and oxygen atoms in total. The number of amides is 1. The Morgan fingerprint density at radius 2 is 1.76 bits per heavy atom. The van der Waals surface area contributed by atoms with Crippen LogP contribution in [-0.4, -0.2) is 21.0 Å². The SMILES string of the molecule is O=C1C[C@@](c2ccsc2)(c2cccc(Oc3ccccc3)n2)N(S)C(=O)C1c1ccccc1Cl. The number of Topliss-reactive ketones (excluding diaryl/α,β-unsaturated/α-hetero) is 1. The first-order valence-electron chi connectivity index (χ1n) is 10.5. The Morgan fingerprint density at radius 3 is 2.50 bits per heavy atom. The molecule has 0 spiro atoms. The third-order valence-corrected chi connectivity index (χ3v) is 7.46. The van der Waals surface area contributed by atoms with Crippen LogP contribution in [0, 0.1) is 0 Å². The van der Waals surface area contributed by atoms with Gasteiger partial charge in [-0.25, -0.2) is 4.98 Å². The van der Waals surface area contributed by atoms with Gasteiger partial charge in [0.1, 0.15) is 17.2 Å². The molecule has 2 atom stereocenters. The van der Waals surface area contributed by atoms with Crippen molar-refractivity contribution in [3.8, 4) is 11.6 Å². The van der Waals surface area contributed by atoms with Gasteiger partial charge in [-0.05, 0) is 52.2 Å². The zero-order valence-corrected chi connectivity index (χ0v) is 20.3. The Morgan fingerprint density at radius 1 is 1.00 bits per heavy atom. The van der Waals surface area contributed by atoms with Gasteiger partial charge in [-0.2, -0.15) is 11.3 Å². The van der Waals surface area contributed by atoms with E-state index in [1.54, 1.807) is 42.5 Å². The maximum atomic E-state index is 13.7. The Kier molecular flexibility index (Phi) is 6.16. The number of aromatic nitrogens is 1. The van der Waals surface area contributed by atoms with E-state index < -0.39 is 17.4 Å². The highest BCUT2D eigenvalue weighted by molar-refractivity contribution is 7.78. The highest BCUT2D eigenvalue weighted by atomic mass is 35.5. The molecule has 1 fully saturated rings. The van der Waals surface area contributed by atoms with Crippen LogP contribution in [0.4, 0.5) is 0 Å². The van der Waals surface area contributed by atoms with Crippen LogP contribution in [0.1, 0.15) is 29.2 Å². The average Bonchev–Trinajstić information content (AvgIpc) is 3.39. The van der Waals surface area contributed by atoms with Crippen LogP contribution in [0.5, 0.6) is 11.6 Å². The van der Waals surface area contributed by atoms with E-state index in [9.17, 15) is 9.59 Å². The minimum Gasteiger partial charge on any atom is -0.439 e. The molecule has 2 aromatic carbocycles. The van der Waals surface area contributed by atoms with Gasteiger partial charge in [0.05, 0.1) is 5.69 Å². The molecule has 0 N–H and O–H groups in total. The molecule has 1 aliphatic rings. The number of ether oxygens (including phenoxy) is 1. The van der Waals surface area contributed by atoms with Gasteiger partial charge in [-0.15, -0.1) is 0 Å². The van der Waals surface area contributed by atoms with Gasteiger partial charge in [0, 0.05) is 17.5 Å². The van der Waals surface area contributed by atoms with Gasteiger partial charge in [0.15, 0.2) is 5.78 Å². The maximum absolute atomic E-state index is 13.7. The number of hydrogen-bond acceptors (Lipinski definition) is 6. The molecule has 5 rings (SSSR count). The van der Waals surface area contributed by atoms with E-state index in [1.165, 1.54) is 15.6 Å². The number of hydrogen-bond donors (Lipinski definition) is 1. The lowest BCUT2D eigenvalue weighted by Gasteiger charge is -2.45. The fourth-order valence-corrected chi connectivity index (χ4v) is 5.65. The molecule has 2 aromatic heterocycles. The molecular weight excluding hydrogens is 488 g/mol. The zero-order valence-electron chi connectivity index (χ0n) is 17.8. The van der Waals surface area contributed by atoms with E-state index >= 15 is 0 Å². The topological polar surface area (TPSA) is 59.5 Å². The summed E-state index contributed by atoms with van der Waals surface area (Å²) in [6.07, 6.45) is -0.00332. The second-order valence-electron chi connectivity index (χ2n) is 7.90. The number of nitrogens with zero attached hydrogens (tertiary/aromatic N) is 2. The lowest BCUT2D eigenvalue weighted by molar-refractivity contribution is -0.142. The summed E-state index contributed by atoms with van der Waals surface area (Å²) in [5.74, 6) is -0.732. The number of halogens is 1. The lowest BCUT2D eigenvalue weighted by atomic mass is 9.75. The first kappa shape index (κ1) is 22.7. The molecule has 8 heteroatoms. The van der Waals surface area contributed by atoms with Crippen molar-refractivity contribution in [2.75, 3.05) is 0 Å². The molecule has 3 heterocycles. The second kappa shape index (κ2) is 9.25. The van der Waals surface area contributed by atoms with E-state index in [2.05, 4.69) is 12.8 Å². The van der Waals surface area contributed by atoms with Crippen LogP contribution in [0.25, 0.3) is 0 Å². The van der Waals surface area contributed by atoms with Crippen molar-refractivity contribution in [1.82, 2.24) is 9.29 Å². The van der Waals surface area contributed by atoms with Crippen molar-refractivity contribution in [3.63, 3.8) is 0 Å². The molecule has 1 saturated heterocycles. The monoisotopic (exact) mass is 506 g/mol. The number of rotatable bonds is 5. The molecule has 0 saturated carbocycles. The normalized spacial score (nSPS) is 20.4. The Labute approximate surface area is 211 Å². The third-order valence-electron chi connectivity index (χ3n) is 5.90. The number of carbonyl (C=O) groups excluding carboxylic acids is 2. The largest absolute Gasteiger partial charge is 0.439 e. The molecule has 170 valence electrons. The number of piperidine rings is 1. The lowest BCUT2D eigenvalue weighted by Crippen LogP contribution is -2.54. The van der Waals surface area contributed by atoms with Gasteiger partial charge >= 0.3 is 0 Å². The average molecular weight is 507 g/mol. The Bertz CT molecular complexity index is 1350. The van der Waals surface area contributed by atoms with Gasteiger partial charge in [0.2, 0.25) is 11.8 Å². The van der Waals surface area contributed by atoms with Crippen LogP contribution in [0.2, 0.25) is 5.02 Å². The van der Waals surface area contributed by atoms with Crippen LogP contribution in [-0.2, 0) is 15.1 Å². The minimum absolute atomic E-state index is 0.00332. The Hall–Kier alpha value is -3.13. The summed E-state index contributed by atoms with van der Waals surface area (Å²) >= 11 is 12.5. The van der Waals surface area contributed by atoms with Gasteiger partial charge in [0.25, 0.3) is 0 Å². The first-order chi connectivity index (χ1) is 16.5. The number of pyridine rings is 1. The van der Waals surface area contributed by atoms with Crippen molar-refractivity contribution in [1.29, 1.82) is 0 Å². The number of ketones is 1. The number of para-hydroxylation sites is 1. The smallest absolute Gasteiger partial charge is 0.248 e. The number of thiophene rings is 1. The summed E-state index contributed by atoms with van der Waals surface area (Å²) in [6.45, 7) is 0. The maximum Gasteiger partial charge on any atom is 0.248 e. The first-order valence-corrected chi connectivity index (χ1v) is 12.3. The van der Waals surface area contributed by atoms with E-state index in [-0.39, 0.29) is 12.2 Å². The van der Waals surface area contributed by atoms with Crippen molar-refractivity contribution < 1.29 is 14.3 Å². The van der Waals surface area contributed by atoms with Crippen molar-refractivity contribution >= 4 is 47.4 Å². The summed E-state index contributed by atoms with van der Waals surface area (Å²) in [6, 6.07) is 23.4. The molecule has 1 aliphatic heterocycles. The molecular formula is C26H19ClN2O3S2.